The molecule has 3 rings (SSSR count). The molecule has 11 heteroatoms. The van der Waals surface area contributed by atoms with Crippen LogP contribution in [0.4, 0.5) is 18.9 Å². The molecule has 1 amide bonds. The summed E-state index contributed by atoms with van der Waals surface area (Å²) >= 11 is 0. The van der Waals surface area contributed by atoms with Gasteiger partial charge in [0.15, 0.2) is 0 Å². The lowest BCUT2D eigenvalue weighted by molar-refractivity contribution is -0.192. The largest absolute Gasteiger partial charge is 0.490 e. The second-order valence-corrected chi connectivity index (χ2v) is 6.26. The van der Waals surface area contributed by atoms with Gasteiger partial charge in [0.1, 0.15) is 11.5 Å². The van der Waals surface area contributed by atoms with Crippen LogP contribution in [0.15, 0.2) is 24.4 Å². The van der Waals surface area contributed by atoms with Crippen LogP contribution < -0.4 is 5.32 Å². The molecule has 1 aromatic heterocycles. The number of anilines is 1. The fraction of sp³-hybridized carbons (Fsp3) is 0.333. The molecule has 0 atom stereocenters. The number of nitrogens with one attached hydrogen (secondary N) is 1. The molecule has 0 unspecified atom stereocenters. The van der Waals surface area contributed by atoms with Crippen LogP contribution in [0.1, 0.15) is 45.1 Å². The number of amides is 1. The molecule has 0 aliphatic carbocycles. The Morgan fingerprint density at radius 2 is 1.83 bits per heavy atom. The number of carboxylic acid groups (broad SMARTS) is 2. The van der Waals surface area contributed by atoms with Crippen LogP contribution in [0.25, 0.3) is 0 Å². The fourth-order valence-electron chi connectivity index (χ4n) is 2.72. The van der Waals surface area contributed by atoms with Crippen LogP contribution in [0.2, 0.25) is 0 Å². The van der Waals surface area contributed by atoms with E-state index >= 15 is 0 Å². The molecule has 3 N–H and O–H groups in total. The summed E-state index contributed by atoms with van der Waals surface area (Å²) in [6.07, 6.45) is -0.474. The van der Waals surface area contributed by atoms with E-state index in [0.717, 1.165) is 31.6 Å². The number of carbonyl (C=O) groups excluding carboxylic acids is 1. The Bertz CT molecular complexity index is 937. The van der Waals surface area contributed by atoms with Crippen LogP contribution in [0.3, 0.4) is 0 Å². The number of aromatic nitrogens is 2. The molecule has 0 bridgehead atoms. The second kappa shape index (κ2) is 8.76. The lowest BCUT2D eigenvalue weighted by Crippen LogP contribution is -2.21. The van der Waals surface area contributed by atoms with Crippen molar-refractivity contribution in [2.75, 3.05) is 5.32 Å². The zero-order valence-electron chi connectivity index (χ0n) is 15.3. The third-order valence-electron chi connectivity index (χ3n) is 4.17. The van der Waals surface area contributed by atoms with E-state index in [1.54, 1.807) is 25.3 Å². The quantitative estimate of drug-likeness (QED) is 0.711. The lowest BCUT2D eigenvalue weighted by atomic mass is 10.1. The highest BCUT2D eigenvalue weighted by Gasteiger charge is 2.38. The van der Waals surface area contributed by atoms with Crippen LogP contribution in [0.5, 0.6) is 0 Å². The first-order valence-corrected chi connectivity index (χ1v) is 8.50. The predicted molar refractivity (Wildman–Crippen MR) is 94.9 cm³/mol. The van der Waals surface area contributed by atoms with Gasteiger partial charge in [0.05, 0.1) is 11.8 Å². The number of fused-ring (bicyclic) bond motifs is 1. The summed E-state index contributed by atoms with van der Waals surface area (Å²) in [7, 11) is 0. The van der Waals surface area contributed by atoms with Crippen LogP contribution in [0, 0.1) is 6.92 Å². The van der Waals surface area contributed by atoms with Gasteiger partial charge >= 0.3 is 18.1 Å². The second-order valence-electron chi connectivity index (χ2n) is 6.26. The molecule has 8 nitrogen and oxygen atoms in total. The van der Waals surface area contributed by atoms with Gasteiger partial charge in [-0.3, -0.25) is 4.79 Å². The monoisotopic (exact) mass is 413 g/mol. The highest BCUT2D eigenvalue weighted by Crippen LogP contribution is 2.19. The van der Waals surface area contributed by atoms with Gasteiger partial charge in [0, 0.05) is 18.7 Å². The molecule has 0 saturated heterocycles. The van der Waals surface area contributed by atoms with E-state index in [9.17, 15) is 22.8 Å². The molecular formula is C18H18F3N3O5. The molecule has 0 radical (unpaired) electrons. The number of hydrogen-bond donors (Lipinski definition) is 3. The maximum Gasteiger partial charge on any atom is 0.490 e. The van der Waals surface area contributed by atoms with E-state index in [1.165, 1.54) is 6.07 Å². The van der Waals surface area contributed by atoms with Crippen LogP contribution >= 0.6 is 0 Å². The van der Waals surface area contributed by atoms with E-state index < -0.39 is 18.1 Å². The number of nitrogens with zero attached hydrogens (tertiary/aromatic N) is 2. The zero-order chi connectivity index (χ0) is 21.8. The topological polar surface area (TPSA) is 122 Å². The molecule has 0 saturated carbocycles. The molecule has 1 aliphatic heterocycles. The van der Waals surface area contributed by atoms with Gasteiger partial charge in [-0.2, -0.15) is 13.2 Å². The number of rotatable bonds is 3. The minimum atomic E-state index is -5.08. The van der Waals surface area contributed by atoms with Crippen molar-refractivity contribution in [1.82, 2.24) is 9.55 Å². The third kappa shape index (κ3) is 5.56. The molecule has 0 spiro atoms. The molecule has 0 fully saturated rings. The summed E-state index contributed by atoms with van der Waals surface area (Å²) in [6.45, 7) is 2.52. The number of aryl methyl sites for hydroxylation is 2. The minimum Gasteiger partial charge on any atom is -0.478 e. The molecule has 156 valence electrons. The molecule has 29 heavy (non-hydrogen) atoms. The highest BCUT2D eigenvalue weighted by atomic mass is 19.4. The van der Waals surface area contributed by atoms with Crippen LogP contribution in [-0.2, 0) is 17.8 Å². The Labute approximate surface area is 163 Å². The normalized spacial score (nSPS) is 13.0. The summed E-state index contributed by atoms with van der Waals surface area (Å²) < 4.78 is 33.7. The van der Waals surface area contributed by atoms with Crippen molar-refractivity contribution >= 4 is 23.5 Å². The number of benzene rings is 1. The van der Waals surface area contributed by atoms with Crippen molar-refractivity contribution in [2.45, 2.75) is 38.9 Å². The summed E-state index contributed by atoms with van der Waals surface area (Å²) in [6, 6.07) is 4.86. The van der Waals surface area contributed by atoms with Gasteiger partial charge in [-0.15, -0.1) is 0 Å². The van der Waals surface area contributed by atoms with Gasteiger partial charge < -0.3 is 20.1 Å². The smallest absolute Gasteiger partial charge is 0.478 e. The van der Waals surface area contributed by atoms with Gasteiger partial charge in [-0.25, -0.2) is 14.6 Å². The number of imidazole rings is 1. The molecule has 1 aliphatic rings. The number of hydrogen-bond acceptors (Lipinski definition) is 4. The van der Waals surface area contributed by atoms with Gasteiger partial charge in [0.2, 0.25) is 0 Å². The third-order valence-corrected chi connectivity index (χ3v) is 4.17. The Morgan fingerprint density at radius 1 is 1.17 bits per heavy atom. The maximum absolute atomic E-state index is 12.4. The van der Waals surface area contributed by atoms with Gasteiger partial charge in [-0.1, -0.05) is 6.07 Å². The first-order valence-electron chi connectivity index (χ1n) is 8.50. The Hall–Kier alpha value is -3.37. The number of aliphatic carboxylic acids is 1. The van der Waals surface area contributed by atoms with E-state index in [2.05, 4.69) is 10.3 Å². The fourth-order valence-corrected chi connectivity index (χ4v) is 2.72. The van der Waals surface area contributed by atoms with Gasteiger partial charge in [-0.05, 0) is 37.5 Å². The number of carbonyl (C=O) groups is 3. The standard InChI is InChI=1S/C16H17N3O3.C2HF3O2/c1-10-5-6-11(8-12(10)16(21)22)18-15(20)13-9-17-14-4-2-3-7-19(13)14;3-2(4,5)1(6)7/h5-6,8-9H,2-4,7H2,1H3,(H,18,20)(H,21,22);(H,6,7). The van der Waals surface area contributed by atoms with Crippen molar-refractivity contribution in [2.24, 2.45) is 0 Å². The van der Waals surface area contributed by atoms with Crippen molar-refractivity contribution < 1.29 is 37.8 Å². The maximum atomic E-state index is 12.4. The summed E-state index contributed by atoms with van der Waals surface area (Å²) in [5.41, 5.74) is 1.84. The van der Waals surface area contributed by atoms with Crippen molar-refractivity contribution in [3.8, 4) is 0 Å². The number of alkyl halides is 3. The predicted octanol–water partition coefficient (Wildman–Crippen LogP) is 3.11. The first-order chi connectivity index (χ1) is 13.5. The summed E-state index contributed by atoms with van der Waals surface area (Å²) in [5.74, 6) is -3.09. The highest BCUT2D eigenvalue weighted by molar-refractivity contribution is 6.03. The minimum absolute atomic E-state index is 0.188. The van der Waals surface area contributed by atoms with Crippen molar-refractivity contribution in [1.29, 1.82) is 0 Å². The molecule has 2 aromatic rings. The first kappa shape index (κ1) is 21.9. The summed E-state index contributed by atoms with van der Waals surface area (Å²) in [5, 5.41) is 19.0. The lowest BCUT2D eigenvalue weighted by Gasteiger charge is -2.16. The zero-order valence-corrected chi connectivity index (χ0v) is 15.3. The Balaban J connectivity index is 0.000000370. The number of carboxylic acids is 2. The average molecular weight is 413 g/mol. The van der Waals surface area contributed by atoms with Crippen molar-refractivity contribution in [3.63, 3.8) is 0 Å². The number of aromatic carboxylic acids is 1. The number of halogens is 3. The van der Waals surface area contributed by atoms with E-state index in [1.807, 2.05) is 4.57 Å². The Kier molecular flexibility index (Phi) is 6.62. The Morgan fingerprint density at radius 3 is 2.41 bits per heavy atom. The molecule has 2 heterocycles. The van der Waals surface area contributed by atoms with Gasteiger partial charge in [0.25, 0.3) is 5.91 Å². The van der Waals surface area contributed by atoms with Crippen molar-refractivity contribution in [3.05, 3.63) is 47.0 Å². The van der Waals surface area contributed by atoms with Crippen LogP contribution in [-0.4, -0.2) is 43.8 Å². The molecular weight excluding hydrogens is 395 g/mol. The van der Waals surface area contributed by atoms with E-state index in [4.69, 9.17) is 15.0 Å². The van der Waals surface area contributed by atoms with E-state index in [0.29, 0.717) is 16.9 Å². The SMILES string of the molecule is Cc1ccc(NC(=O)c2cnc3n2CCCC3)cc1C(=O)O.O=C(O)C(F)(F)F. The molecule has 1 aromatic carbocycles. The average Bonchev–Trinajstić information content (AvgIpc) is 3.07. The van der Waals surface area contributed by atoms with E-state index in [-0.39, 0.29) is 11.5 Å². The summed E-state index contributed by atoms with van der Waals surface area (Å²) in [4.78, 5) is 36.7.